The van der Waals surface area contributed by atoms with Gasteiger partial charge >= 0.3 is 5.97 Å². The van der Waals surface area contributed by atoms with Gasteiger partial charge in [0.1, 0.15) is 0 Å². The normalized spacial score (nSPS) is 36.5. The first-order valence-corrected chi connectivity index (χ1v) is 5.72. The Morgan fingerprint density at radius 1 is 1.50 bits per heavy atom. The van der Waals surface area contributed by atoms with Crippen molar-refractivity contribution in [2.75, 3.05) is 6.54 Å². The summed E-state index contributed by atoms with van der Waals surface area (Å²) in [6.07, 6.45) is 5.63. The molecule has 2 saturated heterocycles. The molecule has 0 aliphatic carbocycles. The average molecular weight is 197 g/mol. The second kappa shape index (κ2) is 3.89. The minimum absolute atomic E-state index is 0.0781. The molecule has 0 spiro atoms. The number of carboxylic acid groups (broad SMARTS) is 1. The van der Waals surface area contributed by atoms with Gasteiger partial charge in [0.05, 0.1) is 5.92 Å². The first-order valence-electron chi connectivity index (χ1n) is 5.72. The summed E-state index contributed by atoms with van der Waals surface area (Å²) in [7, 11) is 0. The molecule has 3 atom stereocenters. The minimum Gasteiger partial charge on any atom is -0.481 e. The molecule has 0 amide bonds. The Bertz CT molecular complexity index is 229. The third kappa shape index (κ3) is 1.54. The standard InChI is InChI=1S/C11H19NO2/c1-2-3-6-12-8-4-5-10(12)9(7-8)11(13)14/h8-10H,2-7H2,1H3,(H,13,14). The fraction of sp³-hybridized carbons (Fsp3) is 0.909. The van der Waals surface area contributed by atoms with Gasteiger partial charge in [-0.05, 0) is 32.2 Å². The number of nitrogens with zero attached hydrogens (tertiary/aromatic N) is 1. The van der Waals surface area contributed by atoms with Gasteiger partial charge in [-0.15, -0.1) is 0 Å². The molecule has 2 bridgehead atoms. The molecule has 80 valence electrons. The number of hydrogen-bond donors (Lipinski definition) is 1. The largest absolute Gasteiger partial charge is 0.481 e. The lowest BCUT2D eigenvalue weighted by atomic mass is 9.89. The Kier molecular flexibility index (Phi) is 2.77. The van der Waals surface area contributed by atoms with Gasteiger partial charge in [0.25, 0.3) is 0 Å². The first-order chi connectivity index (χ1) is 6.74. The quantitative estimate of drug-likeness (QED) is 0.746. The van der Waals surface area contributed by atoms with Gasteiger partial charge in [0.2, 0.25) is 0 Å². The molecular weight excluding hydrogens is 178 g/mol. The number of carbonyl (C=O) groups is 1. The van der Waals surface area contributed by atoms with E-state index in [1.54, 1.807) is 0 Å². The van der Waals surface area contributed by atoms with Gasteiger partial charge in [-0.1, -0.05) is 13.3 Å². The first kappa shape index (κ1) is 9.97. The molecule has 14 heavy (non-hydrogen) atoms. The van der Waals surface area contributed by atoms with E-state index in [1.165, 1.54) is 19.3 Å². The lowest BCUT2D eigenvalue weighted by Crippen LogP contribution is -2.33. The SMILES string of the molecule is CCCCN1C2CCC1C(C(=O)O)C2. The van der Waals surface area contributed by atoms with Gasteiger partial charge < -0.3 is 5.11 Å². The van der Waals surface area contributed by atoms with E-state index in [1.807, 2.05) is 0 Å². The Labute approximate surface area is 85.1 Å². The van der Waals surface area contributed by atoms with Crippen LogP contribution in [0.4, 0.5) is 0 Å². The third-order valence-corrected chi connectivity index (χ3v) is 3.77. The highest BCUT2D eigenvalue weighted by Crippen LogP contribution is 2.41. The Morgan fingerprint density at radius 3 is 2.86 bits per heavy atom. The molecule has 2 aliphatic rings. The van der Waals surface area contributed by atoms with Gasteiger partial charge in [0, 0.05) is 12.1 Å². The van der Waals surface area contributed by atoms with E-state index in [2.05, 4.69) is 11.8 Å². The van der Waals surface area contributed by atoms with Gasteiger partial charge in [-0.2, -0.15) is 0 Å². The van der Waals surface area contributed by atoms with Gasteiger partial charge in [-0.25, -0.2) is 0 Å². The van der Waals surface area contributed by atoms with E-state index in [0.717, 1.165) is 19.4 Å². The van der Waals surface area contributed by atoms with Crippen LogP contribution in [0, 0.1) is 5.92 Å². The summed E-state index contributed by atoms with van der Waals surface area (Å²) in [6.45, 7) is 3.29. The summed E-state index contributed by atoms with van der Waals surface area (Å²) in [6, 6.07) is 0.927. The van der Waals surface area contributed by atoms with Crippen LogP contribution >= 0.6 is 0 Å². The van der Waals surface area contributed by atoms with Crippen molar-refractivity contribution in [3.8, 4) is 0 Å². The fourth-order valence-electron chi connectivity index (χ4n) is 3.06. The number of rotatable bonds is 4. The van der Waals surface area contributed by atoms with Crippen molar-refractivity contribution in [2.45, 2.75) is 51.1 Å². The molecule has 2 heterocycles. The second-order valence-corrected chi connectivity index (χ2v) is 4.57. The van der Waals surface area contributed by atoms with E-state index in [4.69, 9.17) is 5.11 Å². The molecular formula is C11H19NO2. The third-order valence-electron chi connectivity index (χ3n) is 3.77. The molecule has 0 saturated carbocycles. The van der Waals surface area contributed by atoms with Crippen molar-refractivity contribution < 1.29 is 9.90 Å². The number of unbranched alkanes of at least 4 members (excludes halogenated alkanes) is 1. The summed E-state index contributed by atoms with van der Waals surface area (Å²) in [5, 5.41) is 9.05. The zero-order chi connectivity index (χ0) is 10.1. The molecule has 3 nitrogen and oxygen atoms in total. The Balaban J connectivity index is 1.97. The zero-order valence-electron chi connectivity index (χ0n) is 8.78. The molecule has 0 radical (unpaired) electrons. The van der Waals surface area contributed by atoms with Crippen LogP contribution in [0.3, 0.4) is 0 Å². The van der Waals surface area contributed by atoms with Crippen LogP contribution in [-0.4, -0.2) is 34.6 Å². The van der Waals surface area contributed by atoms with E-state index in [9.17, 15) is 4.79 Å². The van der Waals surface area contributed by atoms with Crippen LogP contribution in [0.25, 0.3) is 0 Å². The number of carboxylic acids is 1. The molecule has 0 aromatic heterocycles. The monoisotopic (exact) mass is 197 g/mol. The highest BCUT2D eigenvalue weighted by atomic mass is 16.4. The lowest BCUT2D eigenvalue weighted by Gasteiger charge is -2.22. The summed E-state index contributed by atoms with van der Waals surface area (Å²) < 4.78 is 0. The maximum Gasteiger partial charge on any atom is 0.308 e. The van der Waals surface area contributed by atoms with Crippen LogP contribution in [0.2, 0.25) is 0 Å². The van der Waals surface area contributed by atoms with Crippen LogP contribution in [-0.2, 0) is 4.79 Å². The highest BCUT2D eigenvalue weighted by Gasteiger charge is 2.48. The van der Waals surface area contributed by atoms with E-state index >= 15 is 0 Å². The Morgan fingerprint density at radius 2 is 2.29 bits per heavy atom. The van der Waals surface area contributed by atoms with Crippen molar-refractivity contribution in [3.63, 3.8) is 0 Å². The number of aliphatic carboxylic acids is 1. The van der Waals surface area contributed by atoms with Crippen LogP contribution in [0.1, 0.15) is 39.0 Å². The summed E-state index contributed by atoms with van der Waals surface area (Å²) >= 11 is 0. The van der Waals surface area contributed by atoms with Crippen LogP contribution < -0.4 is 0 Å². The van der Waals surface area contributed by atoms with Crippen LogP contribution in [0.5, 0.6) is 0 Å². The van der Waals surface area contributed by atoms with Crippen molar-refractivity contribution in [1.29, 1.82) is 0 Å². The molecule has 3 unspecified atom stereocenters. The molecule has 3 heteroatoms. The van der Waals surface area contributed by atoms with E-state index in [0.29, 0.717) is 12.1 Å². The maximum atomic E-state index is 11.0. The molecule has 2 fully saturated rings. The molecule has 2 rings (SSSR count). The van der Waals surface area contributed by atoms with Gasteiger partial charge in [-0.3, -0.25) is 9.69 Å². The summed E-state index contributed by atoms with van der Waals surface area (Å²) in [5.74, 6) is -0.663. The van der Waals surface area contributed by atoms with E-state index in [-0.39, 0.29) is 5.92 Å². The number of fused-ring (bicyclic) bond motifs is 2. The smallest absolute Gasteiger partial charge is 0.308 e. The molecule has 0 aromatic rings. The average Bonchev–Trinajstić information content (AvgIpc) is 2.71. The van der Waals surface area contributed by atoms with Crippen molar-refractivity contribution in [1.82, 2.24) is 4.90 Å². The predicted octanol–water partition coefficient (Wildman–Crippen LogP) is 1.72. The highest BCUT2D eigenvalue weighted by molar-refractivity contribution is 5.71. The fourth-order valence-corrected chi connectivity index (χ4v) is 3.06. The minimum atomic E-state index is -0.585. The lowest BCUT2D eigenvalue weighted by molar-refractivity contribution is -0.142. The summed E-state index contributed by atoms with van der Waals surface area (Å²) in [5.41, 5.74) is 0. The topological polar surface area (TPSA) is 40.5 Å². The second-order valence-electron chi connectivity index (χ2n) is 4.57. The van der Waals surface area contributed by atoms with Crippen molar-refractivity contribution in [3.05, 3.63) is 0 Å². The summed E-state index contributed by atoms with van der Waals surface area (Å²) in [4.78, 5) is 13.4. The van der Waals surface area contributed by atoms with E-state index < -0.39 is 5.97 Å². The predicted molar refractivity (Wildman–Crippen MR) is 54.2 cm³/mol. The molecule has 1 N–H and O–H groups in total. The maximum absolute atomic E-state index is 11.0. The zero-order valence-corrected chi connectivity index (χ0v) is 8.78. The number of hydrogen-bond acceptors (Lipinski definition) is 2. The molecule has 0 aromatic carbocycles. The van der Waals surface area contributed by atoms with Crippen molar-refractivity contribution in [2.24, 2.45) is 5.92 Å². The van der Waals surface area contributed by atoms with Gasteiger partial charge in [0.15, 0.2) is 0 Å². The molecule has 2 aliphatic heterocycles. The van der Waals surface area contributed by atoms with Crippen LogP contribution in [0.15, 0.2) is 0 Å². The van der Waals surface area contributed by atoms with Crippen molar-refractivity contribution >= 4 is 5.97 Å². The Hall–Kier alpha value is -0.570.